The van der Waals surface area contributed by atoms with Crippen molar-refractivity contribution in [3.8, 4) is 5.75 Å². The van der Waals surface area contributed by atoms with Gasteiger partial charge in [0.15, 0.2) is 0 Å². The lowest BCUT2D eigenvalue weighted by Gasteiger charge is -2.08. The van der Waals surface area contributed by atoms with Crippen LogP contribution in [0.1, 0.15) is 46.7 Å². The van der Waals surface area contributed by atoms with Crippen molar-refractivity contribution in [2.75, 3.05) is 6.61 Å². The van der Waals surface area contributed by atoms with Gasteiger partial charge in [-0.1, -0.05) is 29.8 Å². The maximum Gasteiger partial charge on any atom is 0.335 e. The molecule has 3 nitrogen and oxygen atoms in total. The molecule has 3 rings (SSSR count). The highest BCUT2D eigenvalue weighted by Crippen LogP contribution is 2.56. The SMILES string of the molecule is CCOc1ccc(C2CC2c2cccc(C(=O)O)c2)c(Cl)c1. The van der Waals surface area contributed by atoms with Crippen LogP contribution in [0, 0.1) is 0 Å². The largest absolute Gasteiger partial charge is 0.494 e. The van der Waals surface area contributed by atoms with Crippen molar-refractivity contribution in [3.05, 3.63) is 64.2 Å². The van der Waals surface area contributed by atoms with Crippen LogP contribution in [0.25, 0.3) is 0 Å². The van der Waals surface area contributed by atoms with Crippen LogP contribution in [0.3, 0.4) is 0 Å². The number of carboxylic acids is 1. The van der Waals surface area contributed by atoms with Crippen LogP contribution in [0.4, 0.5) is 0 Å². The van der Waals surface area contributed by atoms with Crippen LogP contribution < -0.4 is 4.74 Å². The van der Waals surface area contributed by atoms with E-state index in [4.69, 9.17) is 21.4 Å². The lowest BCUT2D eigenvalue weighted by Crippen LogP contribution is -1.97. The van der Waals surface area contributed by atoms with Crippen molar-refractivity contribution >= 4 is 17.6 Å². The molecule has 2 aromatic carbocycles. The molecular weight excluding hydrogens is 300 g/mol. The molecule has 0 aromatic heterocycles. The minimum Gasteiger partial charge on any atom is -0.494 e. The molecule has 0 saturated heterocycles. The minimum atomic E-state index is -0.891. The fourth-order valence-corrected chi connectivity index (χ4v) is 3.19. The molecule has 0 bridgehead atoms. The van der Waals surface area contributed by atoms with E-state index in [1.54, 1.807) is 18.2 Å². The van der Waals surface area contributed by atoms with E-state index in [2.05, 4.69) is 0 Å². The molecule has 0 spiro atoms. The lowest BCUT2D eigenvalue weighted by atomic mass is 10.0. The van der Waals surface area contributed by atoms with Gasteiger partial charge in [0, 0.05) is 5.02 Å². The fourth-order valence-electron chi connectivity index (χ4n) is 2.87. The van der Waals surface area contributed by atoms with E-state index in [0.717, 1.165) is 23.3 Å². The molecular formula is C18H17ClO3. The summed E-state index contributed by atoms with van der Waals surface area (Å²) in [6.07, 6.45) is 0.997. The predicted octanol–water partition coefficient (Wildman–Crippen LogP) is 4.71. The Morgan fingerprint density at radius 1 is 1.27 bits per heavy atom. The predicted molar refractivity (Wildman–Crippen MR) is 86.1 cm³/mol. The molecule has 0 amide bonds. The molecule has 2 unspecified atom stereocenters. The molecule has 0 radical (unpaired) electrons. The van der Waals surface area contributed by atoms with Gasteiger partial charge in [0.2, 0.25) is 0 Å². The monoisotopic (exact) mass is 316 g/mol. The summed E-state index contributed by atoms with van der Waals surface area (Å²) >= 11 is 6.36. The fraction of sp³-hybridized carbons (Fsp3) is 0.278. The van der Waals surface area contributed by atoms with Gasteiger partial charge in [0.1, 0.15) is 5.75 Å². The van der Waals surface area contributed by atoms with Crippen LogP contribution in [0.5, 0.6) is 5.75 Å². The van der Waals surface area contributed by atoms with E-state index < -0.39 is 5.97 Å². The highest BCUT2D eigenvalue weighted by atomic mass is 35.5. The van der Waals surface area contributed by atoms with Crippen molar-refractivity contribution in [2.24, 2.45) is 0 Å². The van der Waals surface area contributed by atoms with E-state index in [-0.39, 0.29) is 0 Å². The third kappa shape index (κ3) is 2.95. The van der Waals surface area contributed by atoms with Crippen LogP contribution in [-0.2, 0) is 0 Å². The number of hydrogen-bond acceptors (Lipinski definition) is 2. The number of benzene rings is 2. The van der Waals surface area contributed by atoms with Crippen LogP contribution in [0.15, 0.2) is 42.5 Å². The second-order valence-corrected chi connectivity index (χ2v) is 5.90. The summed E-state index contributed by atoms with van der Waals surface area (Å²) < 4.78 is 5.45. The Balaban J connectivity index is 1.79. The van der Waals surface area contributed by atoms with E-state index >= 15 is 0 Å². The molecule has 1 saturated carbocycles. The number of ether oxygens (including phenoxy) is 1. The van der Waals surface area contributed by atoms with Gasteiger partial charge in [-0.3, -0.25) is 0 Å². The second kappa shape index (κ2) is 6.01. The standard InChI is InChI=1S/C18H17ClO3/c1-2-22-13-6-7-14(17(19)9-13)16-10-15(16)11-4-3-5-12(8-11)18(20)21/h3-9,15-16H,2,10H2,1H3,(H,20,21). The summed E-state index contributed by atoms with van der Waals surface area (Å²) in [4.78, 5) is 11.1. The first-order valence-corrected chi connectivity index (χ1v) is 7.73. The zero-order chi connectivity index (χ0) is 15.7. The Bertz CT molecular complexity index is 711. The Morgan fingerprint density at radius 3 is 2.77 bits per heavy atom. The molecule has 2 atom stereocenters. The Hall–Kier alpha value is -2.00. The van der Waals surface area contributed by atoms with Gasteiger partial charge in [-0.25, -0.2) is 4.79 Å². The summed E-state index contributed by atoms with van der Waals surface area (Å²) in [6, 6.07) is 13.0. The highest BCUT2D eigenvalue weighted by Gasteiger charge is 2.40. The van der Waals surface area contributed by atoms with E-state index in [1.165, 1.54) is 0 Å². The van der Waals surface area contributed by atoms with Crippen LogP contribution in [0.2, 0.25) is 5.02 Å². The van der Waals surface area contributed by atoms with E-state index in [1.807, 2.05) is 31.2 Å². The van der Waals surface area contributed by atoms with Crippen molar-refractivity contribution in [1.29, 1.82) is 0 Å². The average Bonchev–Trinajstić information content (AvgIpc) is 3.28. The number of carbonyl (C=O) groups is 1. The van der Waals surface area contributed by atoms with Crippen LogP contribution in [-0.4, -0.2) is 17.7 Å². The minimum absolute atomic E-state index is 0.334. The van der Waals surface area contributed by atoms with Crippen molar-refractivity contribution < 1.29 is 14.6 Å². The van der Waals surface area contributed by atoms with Crippen molar-refractivity contribution in [3.63, 3.8) is 0 Å². The van der Waals surface area contributed by atoms with Crippen molar-refractivity contribution in [2.45, 2.75) is 25.2 Å². The van der Waals surface area contributed by atoms with E-state index in [9.17, 15) is 4.79 Å². The number of rotatable bonds is 5. The van der Waals surface area contributed by atoms with Crippen LogP contribution >= 0.6 is 11.6 Å². The van der Waals surface area contributed by atoms with Crippen molar-refractivity contribution in [1.82, 2.24) is 0 Å². The third-order valence-electron chi connectivity index (χ3n) is 4.03. The van der Waals surface area contributed by atoms with Gasteiger partial charge in [-0.15, -0.1) is 0 Å². The molecule has 4 heteroatoms. The third-order valence-corrected chi connectivity index (χ3v) is 4.36. The smallest absolute Gasteiger partial charge is 0.335 e. The number of aromatic carboxylic acids is 1. The molecule has 1 fully saturated rings. The van der Waals surface area contributed by atoms with Gasteiger partial charge in [-0.05, 0) is 60.6 Å². The number of hydrogen-bond donors (Lipinski definition) is 1. The molecule has 1 aliphatic rings. The lowest BCUT2D eigenvalue weighted by molar-refractivity contribution is 0.0697. The zero-order valence-corrected chi connectivity index (χ0v) is 13.0. The van der Waals surface area contributed by atoms with Gasteiger partial charge in [0.25, 0.3) is 0 Å². The first-order valence-electron chi connectivity index (χ1n) is 7.35. The summed E-state index contributed by atoms with van der Waals surface area (Å²) in [7, 11) is 0. The molecule has 114 valence electrons. The Kier molecular flexibility index (Phi) is 4.08. The number of carboxylic acid groups (broad SMARTS) is 1. The van der Waals surface area contributed by atoms with E-state index in [0.29, 0.717) is 29.0 Å². The Labute approximate surface area is 134 Å². The van der Waals surface area contributed by atoms with Gasteiger partial charge < -0.3 is 9.84 Å². The summed E-state index contributed by atoms with van der Waals surface area (Å²) in [5.74, 6) is 0.585. The molecule has 1 aliphatic carbocycles. The average molecular weight is 317 g/mol. The zero-order valence-electron chi connectivity index (χ0n) is 12.3. The molecule has 0 heterocycles. The van der Waals surface area contributed by atoms with Gasteiger partial charge in [0.05, 0.1) is 12.2 Å². The topological polar surface area (TPSA) is 46.5 Å². The second-order valence-electron chi connectivity index (χ2n) is 5.50. The maximum absolute atomic E-state index is 11.1. The first-order chi connectivity index (χ1) is 10.6. The maximum atomic E-state index is 11.1. The van der Waals surface area contributed by atoms with Gasteiger partial charge in [-0.2, -0.15) is 0 Å². The molecule has 22 heavy (non-hydrogen) atoms. The highest BCUT2D eigenvalue weighted by molar-refractivity contribution is 6.31. The summed E-state index contributed by atoms with van der Waals surface area (Å²) in [5.41, 5.74) is 2.51. The molecule has 0 aliphatic heterocycles. The summed E-state index contributed by atoms with van der Waals surface area (Å²) in [6.45, 7) is 2.55. The normalized spacial score (nSPS) is 19.7. The quantitative estimate of drug-likeness (QED) is 0.869. The Morgan fingerprint density at radius 2 is 2.09 bits per heavy atom. The van der Waals surface area contributed by atoms with Gasteiger partial charge >= 0.3 is 5.97 Å². The number of halogens is 1. The first kappa shape index (κ1) is 14.9. The molecule has 2 aromatic rings. The molecule has 1 N–H and O–H groups in total. The summed E-state index contributed by atoms with van der Waals surface area (Å²) in [5, 5.41) is 9.80.